The molecule has 0 saturated carbocycles. The molecular weight excluding hydrogens is 246 g/mol. The van der Waals surface area contributed by atoms with Crippen molar-refractivity contribution in [2.45, 2.75) is 34.1 Å². The summed E-state index contributed by atoms with van der Waals surface area (Å²) < 4.78 is 2.00. The first kappa shape index (κ1) is 15.0. The lowest BCUT2D eigenvalue weighted by atomic mass is 9.75. The van der Waals surface area contributed by atoms with Gasteiger partial charge in [-0.2, -0.15) is 5.10 Å². The average Bonchev–Trinajstić information content (AvgIpc) is 2.73. The predicted octanol–water partition coefficient (Wildman–Crippen LogP) is 3.39. The quantitative estimate of drug-likeness (QED) is 0.874. The molecule has 3 nitrogen and oxygen atoms in total. The second-order valence-electron chi connectivity index (χ2n) is 6.35. The van der Waals surface area contributed by atoms with Crippen LogP contribution in [0.25, 0.3) is 10.9 Å². The lowest BCUT2D eigenvalue weighted by Gasteiger charge is -2.33. The van der Waals surface area contributed by atoms with Crippen molar-refractivity contribution >= 4 is 10.9 Å². The van der Waals surface area contributed by atoms with Crippen molar-refractivity contribution in [2.75, 3.05) is 13.1 Å². The van der Waals surface area contributed by atoms with Gasteiger partial charge >= 0.3 is 0 Å². The van der Waals surface area contributed by atoms with Crippen molar-refractivity contribution in [3.8, 4) is 0 Å². The fraction of sp³-hybridized carbons (Fsp3) is 0.588. The predicted molar refractivity (Wildman–Crippen MR) is 85.9 cm³/mol. The van der Waals surface area contributed by atoms with E-state index in [1.165, 1.54) is 16.6 Å². The molecule has 0 spiro atoms. The summed E-state index contributed by atoms with van der Waals surface area (Å²) in [7, 11) is 2.03. The van der Waals surface area contributed by atoms with E-state index in [0.29, 0.717) is 5.92 Å². The minimum atomic E-state index is 0.229. The highest BCUT2D eigenvalue weighted by Gasteiger charge is 2.30. The number of para-hydroxylation sites is 1. The number of hydrogen-bond donors (Lipinski definition) is 1. The maximum absolute atomic E-state index is 4.75. The highest BCUT2D eigenvalue weighted by molar-refractivity contribution is 5.81. The highest BCUT2D eigenvalue weighted by Crippen LogP contribution is 2.32. The molecule has 1 unspecified atom stereocenters. The van der Waals surface area contributed by atoms with E-state index in [-0.39, 0.29) is 5.41 Å². The second kappa shape index (κ2) is 5.96. The molecule has 0 bridgehead atoms. The maximum Gasteiger partial charge on any atom is 0.0709 e. The summed E-state index contributed by atoms with van der Waals surface area (Å²) in [5.74, 6) is 0.613. The van der Waals surface area contributed by atoms with E-state index in [1.807, 2.05) is 11.7 Å². The summed E-state index contributed by atoms with van der Waals surface area (Å²) in [6.07, 6.45) is 1.01. The van der Waals surface area contributed by atoms with Crippen molar-refractivity contribution in [1.29, 1.82) is 0 Å². The van der Waals surface area contributed by atoms with Gasteiger partial charge in [-0.3, -0.25) is 4.68 Å². The van der Waals surface area contributed by atoms with Crippen molar-refractivity contribution in [3.05, 3.63) is 30.0 Å². The van der Waals surface area contributed by atoms with Crippen LogP contribution in [0.1, 0.15) is 33.4 Å². The van der Waals surface area contributed by atoms with E-state index >= 15 is 0 Å². The molecule has 0 aliphatic carbocycles. The standard InChI is InChI=1S/C17H27N3/c1-6-18-12-17(4,13(2)3)11-15-14-9-7-8-10-16(14)20(5)19-15/h7-10,13,18H,6,11-12H2,1-5H3. The normalized spacial score (nSPS) is 14.9. The molecule has 0 radical (unpaired) electrons. The molecule has 2 rings (SSSR count). The van der Waals surface area contributed by atoms with E-state index in [4.69, 9.17) is 5.10 Å². The monoisotopic (exact) mass is 273 g/mol. The number of fused-ring (bicyclic) bond motifs is 1. The Balaban J connectivity index is 2.34. The molecule has 1 aromatic carbocycles. The van der Waals surface area contributed by atoms with Crippen LogP contribution >= 0.6 is 0 Å². The molecule has 1 atom stereocenters. The molecule has 2 aromatic rings. The van der Waals surface area contributed by atoms with Gasteiger partial charge in [0.05, 0.1) is 11.2 Å². The zero-order chi connectivity index (χ0) is 14.8. The van der Waals surface area contributed by atoms with Crippen LogP contribution in [0, 0.1) is 11.3 Å². The fourth-order valence-electron chi connectivity index (χ4n) is 2.68. The lowest BCUT2D eigenvalue weighted by molar-refractivity contribution is 0.207. The summed E-state index contributed by atoms with van der Waals surface area (Å²) in [5, 5.41) is 9.56. The number of rotatable bonds is 6. The van der Waals surface area contributed by atoms with Gasteiger partial charge in [-0.25, -0.2) is 0 Å². The smallest absolute Gasteiger partial charge is 0.0709 e. The minimum absolute atomic E-state index is 0.229. The molecule has 0 saturated heterocycles. The van der Waals surface area contributed by atoms with Gasteiger partial charge in [0.15, 0.2) is 0 Å². The largest absolute Gasteiger partial charge is 0.316 e. The number of benzene rings is 1. The van der Waals surface area contributed by atoms with Crippen molar-refractivity contribution < 1.29 is 0 Å². The van der Waals surface area contributed by atoms with Gasteiger partial charge < -0.3 is 5.32 Å². The van der Waals surface area contributed by atoms with Gasteiger partial charge in [0.1, 0.15) is 0 Å². The van der Waals surface area contributed by atoms with Crippen LogP contribution in [0.2, 0.25) is 0 Å². The molecule has 3 heteroatoms. The summed E-state index contributed by atoms with van der Waals surface area (Å²) >= 11 is 0. The van der Waals surface area contributed by atoms with E-state index in [2.05, 4.69) is 57.3 Å². The molecule has 0 aliphatic rings. The number of hydrogen-bond acceptors (Lipinski definition) is 2. The third-order valence-electron chi connectivity index (χ3n) is 4.58. The Kier molecular flexibility index (Phi) is 4.48. The SMILES string of the molecule is CCNCC(C)(Cc1nn(C)c2ccccc12)C(C)C. The van der Waals surface area contributed by atoms with Crippen molar-refractivity contribution in [2.24, 2.45) is 18.4 Å². The molecule has 1 N–H and O–H groups in total. The Morgan fingerprint density at radius 2 is 2.00 bits per heavy atom. The highest BCUT2D eigenvalue weighted by atomic mass is 15.3. The van der Waals surface area contributed by atoms with Gasteiger partial charge in [0.25, 0.3) is 0 Å². The first-order chi connectivity index (χ1) is 9.48. The van der Waals surface area contributed by atoms with E-state index in [1.54, 1.807) is 0 Å². The van der Waals surface area contributed by atoms with Crippen LogP contribution in [0.3, 0.4) is 0 Å². The lowest BCUT2D eigenvalue weighted by Crippen LogP contribution is -2.38. The summed E-state index contributed by atoms with van der Waals surface area (Å²) in [6, 6.07) is 8.51. The maximum atomic E-state index is 4.75. The van der Waals surface area contributed by atoms with Gasteiger partial charge in [-0.15, -0.1) is 0 Å². The zero-order valence-corrected chi connectivity index (χ0v) is 13.4. The van der Waals surface area contributed by atoms with Gasteiger partial charge in [-0.1, -0.05) is 45.9 Å². The van der Waals surface area contributed by atoms with Crippen LogP contribution < -0.4 is 5.32 Å². The Morgan fingerprint density at radius 3 is 2.65 bits per heavy atom. The Morgan fingerprint density at radius 1 is 1.30 bits per heavy atom. The Labute approximate surface area is 122 Å². The van der Waals surface area contributed by atoms with E-state index in [0.717, 1.165) is 19.5 Å². The molecule has 110 valence electrons. The van der Waals surface area contributed by atoms with E-state index < -0.39 is 0 Å². The third kappa shape index (κ3) is 2.88. The Bertz CT molecular complexity index is 571. The van der Waals surface area contributed by atoms with Crippen LogP contribution in [0.5, 0.6) is 0 Å². The van der Waals surface area contributed by atoms with Crippen LogP contribution in [-0.2, 0) is 13.5 Å². The van der Waals surface area contributed by atoms with Gasteiger partial charge in [0, 0.05) is 19.0 Å². The summed E-state index contributed by atoms with van der Waals surface area (Å²) in [5.41, 5.74) is 2.67. The summed E-state index contributed by atoms with van der Waals surface area (Å²) in [4.78, 5) is 0. The average molecular weight is 273 g/mol. The molecule has 0 aliphatic heterocycles. The minimum Gasteiger partial charge on any atom is -0.316 e. The van der Waals surface area contributed by atoms with Crippen LogP contribution in [0.4, 0.5) is 0 Å². The molecule has 0 amide bonds. The molecular formula is C17H27N3. The van der Waals surface area contributed by atoms with Crippen molar-refractivity contribution in [1.82, 2.24) is 15.1 Å². The molecule has 1 heterocycles. The van der Waals surface area contributed by atoms with Crippen molar-refractivity contribution in [3.63, 3.8) is 0 Å². The number of nitrogens with one attached hydrogen (secondary N) is 1. The van der Waals surface area contributed by atoms with Crippen LogP contribution in [-0.4, -0.2) is 22.9 Å². The second-order valence-corrected chi connectivity index (χ2v) is 6.35. The van der Waals surface area contributed by atoms with Gasteiger partial charge in [-0.05, 0) is 30.4 Å². The van der Waals surface area contributed by atoms with Gasteiger partial charge in [0.2, 0.25) is 0 Å². The number of aryl methyl sites for hydroxylation is 1. The first-order valence-corrected chi connectivity index (χ1v) is 7.59. The third-order valence-corrected chi connectivity index (χ3v) is 4.58. The molecule has 0 fully saturated rings. The zero-order valence-electron chi connectivity index (χ0n) is 13.4. The fourth-order valence-corrected chi connectivity index (χ4v) is 2.68. The van der Waals surface area contributed by atoms with Crippen LogP contribution in [0.15, 0.2) is 24.3 Å². The first-order valence-electron chi connectivity index (χ1n) is 7.59. The van der Waals surface area contributed by atoms with E-state index in [9.17, 15) is 0 Å². The summed E-state index contributed by atoms with van der Waals surface area (Å²) in [6.45, 7) is 11.2. The topological polar surface area (TPSA) is 29.9 Å². The molecule has 20 heavy (non-hydrogen) atoms. The number of nitrogens with zero attached hydrogens (tertiary/aromatic N) is 2. The molecule has 1 aromatic heterocycles. The Hall–Kier alpha value is -1.35. The number of aromatic nitrogens is 2.